The van der Waals surface area contributed by atoms with Gasteiger partial charge in [0.05, 0.1) is 29.7 Å². The zero-order valence-corrected chi connectivity index (χ0v) is 56.5. The number of nitrogens with one attached hydrogen (secondary N) is 5. The van der Waals surface area contributed by atoms with Crippen LogP contribution in [0.15, 0.2) is 91.0 Å². The van der Waals surface area contributed by atoms with E-state index in [1.807, 2.05) is 65.8 Å². The van der Waals surface area contributed by atoms with Gasteiger partial charge in [-0.3, -0.25) is 48.1 Å². The number of rotatable bonds is 30. The van der Waals surface area contributed by atoms with Crippen molar-refractivity contribution >= 4 is 76.6 Å². The molecule has 510 valence electrons. The number of primary amides is 1. The number of carbonyl (C=O) groups is 11. The summed E-state index contributed by atoms with van der Waals surface area (Å²) in [6, 6.07) is 15.3. The van der Waals surface area contributed by atoms with Crippen molar-refractivity contribution < 1.29 is 71.7 Å². The quantitative estimate of drug-likeness (QED) is 0.0160. The third kappa shape index (κ3) is 23.1. The van der Waals surface area contributed by atoms with E-state index in [4.69, 9.17) is 36.3 Å². The van der Waals surface area contributed by atoms with Crippen LogP contribution in [0.25, 0.3) is 0 Å². The van der Waals surface area contributed by atoms with E-state index in [-0.39, 0.29) is 113 Å². The van der Waals surface area contributed by atoms with Crippen LogP contribution in [-0.2, 0) is 88.0 Å². The van der Waals surface area contributed by atoms with Crippen LogP contribution in [0, 0.1) is 28.6 Å². The van der Waals surface area contributed by atoms with Crippen molar-refractivity contribution in [3.63, 3.8) is 0 Å². The summed E-state index contributed by atoms with van der Waals surface area (Å²) in [4.78, 5) is 146. The van der Waals surface area contributed by atoms with Gasteiger partial charge in [0.1, 0.15) is 42.4 Å². The second-order valence-electron chi connectivity index (χ2n) is 26.9. The number of unbranched alkanes of at least 4 members (excludes halogenated alkanes) is 2. The van der Waals surface area contributed by atoms with Gasteiger partial charge in [-0.05, 0) is 117 Å². The first-order valence-corrected chi connectivity index (χ1v) is 32.8. The molecule has 0 bridgehead atoms. The number of methoxy groups -OCH3 is 1. The number of ketones is 2. The molecule has 0 radical (unpaired) electrons. The Hall–Kier alpha value is -8.24. The second-order valence-corrected chi connectivity index (χ2v) is 27.3. The molecule has 0 saturated carbocycles. The van der Waals surface area contributed by atoms with Crippen LogP contribution in [0.2, 0.25) is 5.02 Å². The number of aryl methyl sites for hydroxylation is 1. The summed E-state index contributed by atoms with van der Waals surface area (Å²) in [6.07, 6.45) is 7.18. The number of urea groups is 1. The summed E-state index contributed by atoms with van der Waals surface area (Å²) < 4.78 is 23.5. The third-order valence-corrected chi connectivity index (χ3v) is 17.8. The Labute approximate surface area is 556 Å². The lowest BCUT2D eigenvalue weighted by Crippen LogP contribution is -2.58. The van der Waals surface area contributed by atoms with Crippen LogP contribution < -0.4 is 37.1 Å². The Morgan fingerprint density at radius 1 is 0.809 bits per heavy atom. The number of carbonyl (C=O) groups excluding carboxylic acids is 11. The highest BCUT2D eigenvalue weighted by atomic mass is 35.5. The Bertz CT molecular complexity index is 3250. The van der Waals surface area contributed by atoms with Crippen molar-refractivity contribution in [3.8, 4) is 5.75 Å². The number of esters is 2. The molecule has 94 heavy (non-hydrogen) atoms. The Kier molecular flexibility index (Phi) is 27.7. The summed E-state index contributed by atoms with van der Waals surface area (Å²) in [6.45, 7) is 16.9. The molecule has 9 atom stereocenters. The van der Waals surface area contributed by atoms with E-state index in [1.165, 1.54) is 25.3 Å². The molecular weight excluding hydrogens is 1230 g/mol. The highest BCUT2D eigenvalue weighted by molar-refractivity contribution is 6.32. The summed E-state index contributed by atoms with van der Waals surface area (Å²) >= 11 is 6.43. The molecule has 3 aromatic carbocycles. The smallest absolute Gasteiger partial charge is 0.328 e. The molecule has 22 nitrogen and oxygen atoms in total. The molecule has 6 rings (SSSR count). The Balaban J connectivity index is 1.01. The normalized spacial score (nSPS) is 21.4. The third-order valence-electron chi connectivity index (χ3n) is 17.5. The highest BCUT2D eigenvalue weighted by Crippen LogP contribution is 2.45. The summed E-state index contributed by atoms with van der Waals surface area (Å²) in [7, 11) is 1.49. The van der Waals surface area contributed by atoms with Crippen molar-refractivity contribution in [2.24, 2.45) is 34.3 Å². The fourth-order valence-electron chi connectivity index (χ4n) is 11.2. The van der Waals surface area contributed by atoms with E-state index in [0.29, 0.717) is 59.6 Å². The second kappa shape index (κ2) is 34.8. The summed E-state index contributed by atoms with van der Waals surface area (Å²) in [5.41, 5.74) is 7.37. The molecule has 3 aliphatic rings. The van der Waals surface area contributed by atoms with Crippen molar-refractivity contribution in [1.82, 2.24) is 31.5 Å². The first-order valence-electron chi connectivity index (χ1n) is 32.4. The van der Waals surface area contributed by atoms with Gasteiger partial charge in [-0.25, -0.2) is 9.59 Å². The van der Waals surface area contributed by atoms with Gasteiger partial charge in [0, 0.05) is 81.6 Å². The number of Topliss-reactive ketones (excluding diaryl/α,β-unsaturated/α-hetero) is 2. The van der Waals surface area contributed by atoms with Crippen LogP contribution in [0.1, 0.15) is 160 Å². The first-order chi connectivity index (χ1) is 44.4. The van der Waals surface area contributed by atoms with Crippen molar-refractivity contribution in [3.05, 3.63) is 124 Å². The monoisotopic (exact) mass is 1320 g/mol. The molecule has 1 fully saturated rings. The molecule has 3 aromatic rings. The Morgan fingerprint density at radius 3 is 2.11 bits per heavy atom. The molecule has 0 spiro atoms. The zero-order valence-electron chi connectivity index (χ0n) is 55.8. The van der Waals surface area contributed by atoms with Gasteiger partial charge in [-0.2, -0.15) is 0 Å². The first kappa shape index (κ1) is 74.8. The van der Waals surface area contributed by atoms with Gasteiger partial charge in [-0.1, -0.05) is 120 Å². The van der Waals surface area contributed by atoms with Crippen molar-refractivity contribution in [2.75, 3.05) is 20.2 Å². The zero-order chi connectivity index (χ0) is 69.0. The maximum Gasteiger partial charge on any atom is 0.328 e. The van der Waals surface area contributed by atoms with E-state index in [2.05, 4.69) is 26.6 Å². The lowest BCUT2D eigenvalue weighted by molar-refractivity contribution is -0.157. The maximum absolute atomic E-state index is 14.3. The molecule has 0 aromatic heterocycles. The predicted molar refractivity (Wildman–Crippen MR) is 352 cm³/mol. The molecular formula is C71H94ClN7O15. The topological polar surface area (TPSA) is 317 Å². The SMILES string of the molecule is COc1ccc(C[C@H]2NC(=O)/C=C/C[C@@H]([C@H](C)[C@H]3O[C@@H]3c3ccc(CCC(=O)OCc4ccc(CC(=O)[C@H](CCCNC(N)=O)NC(=O)[C@@H](CC(=O)CCCCCN5C(=O)C=CC5=O)C(C)C)cc4)cc3)OC(=O)[C@H](CC(C)(C)C)NC(=O)C(C)(C)[C@H](C)NC2=O)cc1Cl. The molecule has 1 saturated heterocycles. The molecule has 0 unspecified atom stereocenters. The highest BCUT2D eigenvalue weighted by Gasteiger charge is 2.48. The van der Waals surface area contributed by atoms with Gasteiger partial charge in [0.2, 0.25) is 23.6 Å². The fourth-order valence-corrected chi connectivity index (χ4v) is 11.5. The van der Waals surface area contributed by atoms with Gasteiger partial charge < -0.3 is 51.3 Å². The number of epoxide rings is 1. The van der Waals surface area contributed by atoms with Gasteiger partial charge in [-0.15, -0.1) is 0 Å². The fraction of sp³-hybridized carbons (Fsp3) is 0.535. The van der Waals surface area contributed by atoms with Crippen LogP contribution >= 0.6 is 11.6 Å². The van der Waals surface area contributed by atoms with Crippen molar-refractivity contribution in [1.29, 1.82) is 0 Å². The van der Waals surface area contributed by atoms with Crippen LogP contribution in [0.4, 0.5) is 4.79 Å². The van der Waals surface area contributed by atoms with E-state index >= 15 is 0 Å². The van der Waals surface area contributed by atoms with E-state index in [0.717, 1.165) is 16.0 Å². The lowest BCUT2D eigenvalue weighted by atomic mass is 9.82. The van der Waals surface area contributed by atoms with Gasteiger partial charge >= 0.3 is 18.0 Å². The van der Waals surface area contributed by atoms with E-state index < -0.39 is 94.5 Å². The molecule has 23 heteroatoms. The van der Waals surface area contributed by atoms with Gasteiger partial charge in [0.25, 0.3) is 11.8 Å². The number of hydrogen-bond donors (Lipinski definition) is 6. The van der Waals surface area contributed by atoms with Crippen LogP contribution in [0.3, 0.4) is 0 Å². The van der Waals surface area contributed by atoms with Crippen molar-refractivity contribution in [2.45, 2.75) is 195 Å². The number of benzene rings is 3. The number of imide groups is 1. The molecule has 7 N–H and O–H groups in total. The largest absolute Gasteiger partial charge is 0.495 e. The standard InChI is InChI=1S/C71H94ClN7O15/c1-42(2)51(39-50(80)16-12-11-13-35-79-60(83)31-32-61(79)84)65(86)77-53(17-15-34-74-69(73)90)56(81)38-46-20-22-47(23-21-46)41-92-62(85)33-27-45-24-28-49(29-25-45)64-63(94-64)43(3)57-18-14-19-59(82)76-54(37-48-26-30-58(91-10)52(72)36-48)66(87)75-44(4)71(8,9)68(89)78-55(67(88)93-57)40-70(5,6)7/h14,19-26,28-32,36,42-44,51,53-55,57,63-64H,11-13,15-18,27,33-35,37-41H2,1-10H3,(H,75,87)(H,76,82)(H,77,86)(H,78,89)(H3,73,74,90)/b19-14+/t43-,44-,51-,53-,54+,55-,57-,63+,64+/m0/s1. The molecule has 0 aliphatic carbocycles. The minimum absolute atomic E-state index is 0.00691. The molecule has 3 aliphatic heterocycles. The van der Waals surface area contributed by atoms with E-state index in [9.17, 15) is 52.7 Å². The maximum atomic E-state index is 14.3. The number of hydrogen-bond acceptors (Lipinski definition) is 15. The van der Waals surface area contributed by atoms with Crippen LogP contribution in [-0.4, -0.2) is 126 Å². The summed E-state index contributed by atoms with van der Waals surface area (Å²) in [5.74, 6) is -4.99. The molecule has 3 heterocycles. The number of nitrogens with zero attached hydrogens (tertiary/aromatic N) is 1. The summed E-state index contributed by atoms with van der Waals surface area (Å²) in [5, 5.41) is 14.4. The average molecular weight is 1320 g/mol. The lowest BCUT2D eigenvalue weighted by Gasteiger charge is -2.35. The minimum Gasteiger partial charge on any atom is -0.495 e. The Morgan fingerprint density at radius 2 is 1.47 bits per heavy atom. The van der Waals surface area contributed by atoms with E-state index in [1.54, 1.807) is 69.3 Å². The number of halogens is 1. The predicted octanol–water partition coefficient (Wildman–Crippen LogP) is 7.91. The number of amides is 8. The molecule has 8 amide bonds. The van der Waals surface area contributed by atoms with Gasteiger partial charge in [0.15, 0.2) is 5.78 Å². The van der Waals surface area contributed by atoms with Crippen LogP contribution in [0.5, 0.6) is 5.75 Å². The number of ether oxygens (including phenoxy) is 4. The number of nitrogens with two attached hydrogens (primary N) is 1. The average Bonchev–Trinajstić information content (AvgIpc) is 1.62. The minimum atomic E-state index is -1.22. The number of cyclic esters (lactones) is 1.